The van der Waals surface area contributed by atoms with Gasteiger partial charge in [-0.3, -0.25) is 4.79 Å². The monoisotopic (exact) mass is 310 g/mol. The van der Waals surface area contributed by atoms with Gasteiger partial charge in [0.05, 0.1) is 6.26 Å². The molecule has 1 N–H and O–H groups in total. The van der Waals surface area contributed by atoms with Gasteiger partial charge in [0.1, 0.15) is 6.04 Å². The van der Waals surface area contributed by atoms with Gasteiger partial charge in [-0.2, -0.15) is 4.31 Å². The van der Waals surface area contributed by atoms with Gasteiger partial charge in [-0.15, -0.1) is 0 Å². The van der Waals surface area contributed by atoms with Gasteiger partial charge in [0, 0.05) is 12.2 Å². The molecule has 5 nitrogen and oxygen atoms in total. The summed E-state index contributed by atoms with van der Waals surface area (Å²) in [4.78, 5) is 12.4. The van der Waals surface area contributed by atoms with Crippen molar-refractivity contribution in [1.82, 2.24) is 4.31 Å². The molecule has 1 aliphatic heterocycles. The maximum atomic E-state index is 12.4. The molecule has 1 heterocycles. The zero-order chi connectivity index (χ0) is 15.8. The van der Waals surface area contributed by atoms with E-state index in [0.29, 0.717) is 13.0 Å². The number of anilines is 1. The Balaban J connectivity index is 2.23. The molecule has 1 saturated heterocycles. The van der Waals surface area contributed by atoms with Crippen molar-refractivity contribution in [3.8, 4) is 0 Å². The number of amides is 1. The first kappa shape index (κ1) is 16.0. The van der Waals surface area contributed by atoms with E-state index in [-0.39, 0.29) is 5.91 Å². The summed E-state index contributed by atoms with van der Waals surface area (Å²) < 4.78 is 24.7. The highest BCUT2D eigenvalue weighted by Crippen LogP contribution is 2.25. The van der Waals surface area contributed by atoms with Gasteiger partial charge in [-0.25, -0.2) is 8.42 Å². The van der Waals surface area contributed by atoms with E-state index in [1.807, 2.05) is 32.9 Å². The van der Waals surface area contributed by atoms with Crippen LogP contribution in [-0.4, -0.2) is 37.5 Å². The van der Waals surface area contributed by atoms with Crippen LogP contribution >= 0.6 is 0 Å². The lowest BCUT2D eigenvalue weighted by Gasteiger charge is -2.22. The minimum absolute atomic E-state index is 0.243. The number of benzene rings is 1. The van der Waals surface area contributed by atoms with Crippen molar-refractivity contribution in [3.05, 3.63) is 28.8 Å². The van der Waals surface area contributed by atoms with E-state index in [4.69, 9.17) is 0 Å². The summed E-state index contributed by atoms with van der Waals surface area (Å²) in [6.45, 7) is 6.31. The molecule has 1 aromatic rings. The zero-order valence-corrected chi connectivity index (χ0v) is 13.8. The van der Waals surface area contributed by atoms with Gasteiger partial charge in [0.2, 0.25) is 15.9 Å². The fourth-order valence-electron chi connectivity index (χ4n) is 2.98. The van der Waals surface area contributed by atoms with Crippen molar-refractivity contribution in [2.24, 2.45) is 0 Å². The van der Waals surface area contributed by atoms with Crippen LogP contribution in [-0.2, 0) is 14.8 Å². The molecule has 0 aromatic heterocycles. The number of nitrogens with zero attached hydrogens (tertiary/aromatic N) is 1. The maximum Gasteiger partial charge on any atom is 0.242 e. The Hall–Kier alpha value is -1.40. The summed E-state index contributed by atoms with van der Waals surface area (Å²) in [5.74, 6) is -0.243. The van der Waals surface area contributed by atoms with Crippen LogP contribution in [0.5, 0.6) is 0 Å². The van der Waals surface area contributed by atoms with Gasteiger partial charge < -0.3 is 5.32 Å². The fraction of sp³-hybridized carbons (Fsp3) is 0.533. The van der Waals surface area contributed by atoms with E-state index in [9.17, 15) is 13.2 Å². The van der Waals surface area contributed by atoms with E-state index in [1.54, 1.807) is 0 Å². The quantitative estimate of drug-likeness (QED) is 0.928. The van der Waals surface area contributed by atoms with Crippen LogP contribution < -0.4 is 5.32 Å². The van der Waals surface area contributed by atoms with Gasteiger partial charge in [-0.1, -0.05) is 17.7 Å². The lowest BCUT2D eigenvalue weighted by molar-refractivity contribution is -0.119. The molecule has 1 amide bonds. The molecule has 0 bridgehead atoms. The van der Waals surface area contributed by atoms with E-state index in [2.05, 4.69) is 5.32 Å². The second-order valence-corrected chi connectivity index (χ2v) is 7.73. The number of rotatable bonds is 3. The SMILES string of the molecule is Cc1cc(C)c(NC(=O)C2CCCN2S(C)(=O)=O)c(C)c1. The van der Waals surface area contributed by atoms with Crippen molar-refractivity contribution >= 4 is 21.6 Å². The van der Waals surface area contributed by atoms with Crippen molar-refractivity contribution in [3.63, 3.8) is 0 Å². The van der Waals surface area contributed by atoms with Crippen molar-refractivity contribution in [1.29, 1.82) is 0 Å². The number of aryl methyl sites for hydroxylation is 3. The van der Waals surface area contributed by atoms with Gasteiger partial charge in [-0.05, 0) is 44.7 Å². The van der Waals surface area contributed by atoms with Crippen LogP contribution in [0, 0.1) is 20.8 Å². The Kier molecular flexibility index (Phi) is 4.39. The topological polar surface area (TPSA) is 66.5 Å². The fourth-order valence-corrected chi connectivity index (χ4v) is 4.11. The number of hydrogen-bond donors (Lipinski definition) is 1. The Labute approximate surface area is 126 Å². The Morgan fingerprint density at radius 2 is 1.81 bits per heavy atom. The first-order chi connectivity index (χ1) is 9.70. The first-order valence-electron chi connectivity index (χ1n) is 7.05. The lowest BCUT2D eigenvalue weighted by atomic mass is 10.0. The third kappa shape index (κ3) is 3.44. The average molecular weight is 310 g/mol. The third-order valence-corrected chi connectivity index (χ3v) is 5.15. The van der Waals surface area contributed by atoms with Crippen LogP contribution in [0.4, 0.5) is 5.69 Å². The van der Waals surface area contributed by atoms with E-state index < -0.39 is 16.1 Å². The minimum Gasteiger partial charge on any atom is -0.324 e. The molecule has 0 radical (unpaired) electrons. The van der Waals surface area contributed by atoms with Crippen LogP contribution in [0.2, 0.25) is 0 Å². The summed E-state index contributed by atoms with van der Waals surface area (Å²) >= 11 is 0. The molecular weight excluding hydrogens is 288 g/mol. The molecule has 2 rings (SSSR count). The highest BCUT2D eigenvalue weighted by Gasteiger charge is 2.36. The van der Waals surface area contributed by atoms with Crippen molar-refractivity contribution < 1.29 is 13.2 Å². The van der Waals surface area contributed by atoms with Crippen LogP contribution in [0.1, 0.15) is 29.5 Å². The molecule has 116 valence electrons. The normalized spacial score (nSPS) is 19.7. The predicted molar refractivity (Wildman–Crippen MR) is 83.9 cm³/mol. The highest BCUT2D eigenvalue weighted by molar-refractivity contribution is 7.88. The molecule has 1 fully saturated rings. The summed E-state index contributed by atoms with van der Waals surface area (Å²) in [6.07, 6.45) is 2.45. The smallest absolute Gasteiger partial charge is 0.242 e. The number of sulfonamides is 1. The third-order valence-electron chi connectivity index (χ3n) is 3.86. The maximum absolute atomic E-state index is 12.4. The summed E-state index contributed by atoms with van der Waals surface area (Å²) in [5.41, 5.74) is 3.90. The summed E-state index contributed by atoms with van der Waals surface area (Å²) in [6, 6.07) is 3.41. The summed E-state index contributed by atoms with van der Waals surface area (Å²) in [5, 5.41) is 2.90. The number of carbonyl (C=O) groups excluding carboxylic acids is 1. The number of carbonyl (C=O) groups is 1. The van der Waals surface area contributed by atoms with Crippen LogP contribution in [0.25, 0.3) is 0 Å². The molecule has 1 aliphatic rings. The van der Waals surface area contributed by atoms with E-state index in [1.165, 1.54) is 4.31 Å². The Bertz CT molecular complexity index is 644. The Morgan fingerprint density at radius 3 is 2.33 bits per heavy atom. The molecule has 1 aromatic carbocycles. The number of nitrogens with one attached hydrogen (secondary N) is 1. The molecular formula is C15H22N2O3S. The average Bonchev–Trinajstić information content (AvgIpc) is 2.82. The highest BCUT2D eigenvalue weighted by atomic mass is 32.2. The molecule has 0 aliphatic carbocycles. The minimum atomic E-state index is -3.34. The molecule has 1 unspecified atom stereocenters. The molecule has 0 saturated carbocycles. The van der Waals surface area contributed by atoms with E-state index in [0.717, 1.165) is 35.1 Å². The second-order valence-electron chi connectivity index (χ2n) is 5.79. The molecule has 21 heavy (non-hydrogen) atoms. The molecule has 6 heteroatoms. The molecule has 0 spiro atoms. The lowest BCUT2D eigenvalue weighted by Crippen LogP contribution is -2.42. The van der Waals surface area contributed by atoms with Crippen LogP contribution in [0.3, 0.4) is 0 Å². The second kappa shape index (κ2) is 5.77. The van der Waals surface area contributed by atoms with Gasteiger partial charge in [0.15, 0.2) is 0 Å². The van der Waals surface area contributed by atoms with Crippen molar-refractivity contribution in [2.45, 2.75) is 39.7 Å². The summed E-state index contributed by atoms with van der Waals surface area (Å²) in [7, 11) is -3.34. The first-order valence-corrected chi connectivity index (χ1v) is 8.90. The predicted octanol–water partition coefficient (Wildman–Crippen LogP) is 1.97. The molecule has 1 atom stereocenters. The van der Waals surface area contributed by atoms with Crippen LogP contribution in [0.15, 0.2) is 12.1 Å². The zero-order valence-electron chi connectivity index (χ0n) is 12.9. The van der Waals surface area contributed by atoms with E-state index >= 15 is 0 Å². The van der Waals surface area contributed by atoms with Crippen molar-refractivity contribution in [2.75, 3.05) is 18.1 Å². The standard InChI is InChI=1S/C15H22N2O3S/c1-10-8-11(2)14(12(3)9-10)16-15(18)13-6-5-7-17(13)21(4,19)20/h8-9,13H,5-7H2,1-4H3,(H,16,18). The van der Waals surface area contributed by atoms with Gasteiger partial charge >= 0.3 is 0 Å². The number of hydrogen-bond acceptors (Lipinski definition) is 3. The largest absolute Gasteiger partial charge is 0.324 e. The Morgan fingerprint density at radius 1 is 1.24 bits per heavy atom. The van der Waals surface area contributed by atoms with Gasteiger partial charge in [0.25, 0.3) is 0 Å².